The fraction of sp³-hybridized carbons (Fsp3) is 0.368. The minimum absolute atomic E-state index is 0.100. The second-order valence-electron chi connectivity index (χ2n) is 6.90. The molecule has 0 bridgehead atoms. The largest absolute Gasteiger partial charge is 0.353 e. The third-order valence-electron chi connectivity index (χ3n) is 5.16. The Morgan fingerprint density at radius 1 is 1.14 bits per heavy atom. The van der Waals surface area contributed by atoms with Gasteiger partial charge in [-0.2, -0.15) is 5.10 Å². The molecular weight excluding hydrogens is 361 g/mol. The van der Waals surface area contributed by atoms with Crippen molar-refractivity contribution in [3.63, 3.8) is 0 Å². The van der Waals surface area contributed by atoms with E-state index >= 15 is 0 Å². The molecule has 1 fully saturated rings. The van der Waals surface area contributed by atoms with Gasteiger partial charge in [-0.1, -0.05) is 0 Å². The van der Waals surface area contributed by atoms with Gasteiger partial charge in [-0.15, -0.1) is 0 Å². The van der Waals surface area contributed by atoms with Crippen molar-refractivity contribution in [3.05, 3.63) is 42.6 Å². The lowest BCUT2D eigenvalue weighted by Gasteiger charge is -2.38. The van der Waals surface area contributed by atoms with Crippen LogP contribution >= 0.6 is 0 Å². The molecule has 3 aromatic rings. The summed E-state index contributed by atoms with van der Waals surface area (Å²) in [5.41, 5.74) is 1.40. The molecule has 1 saturated heterocycles. The van der Waals surface area contributed by atoms with Crippen LogP contribution in [-0.2, 0) is 11.8 Å². The summed E-state index contributed by atoms with van der Waals surface area (Å²) < 4.78 is 14.7. The molecule has 0 saturated carbocycles. The zero-order chi connectivity index (χ0) is 19.7. The van der Waals surface area contributed by atoms with E-state index in [4.69, 9.17) is 0 Å². The van der Waals surface area contributed by atoms with Crippen LogP contribution < -0.4 is 10.2 Å². The molecule has 1 aromatic carbocycles. The maximum Gasteiger partial charge on any atom is 0.241 e. The predicted molar refractivity (Wildman–Crippen MR) is 105 cm³/mol. The normalized spacial score (nSPS) is 16.3. The first-order chi connectivity index (χ1) is 13.5. The number of hydrogen-bond acceptors (Lipinski definition) is 6. The van der Waals surface area contributed by atoms with Crippen molar-refractivity contribution in [1.82, 2.24) is 24.6 Å². The molecular formula is C19H22FN7O. The molecule has 0 radical (unpaired) electrons. The zero-order valence-electron chi connectivity index (χ0n) is 15.8. The van der Waals surface area contributed by atoms with Gasteiger partial charge in [-0.3, -0.25) is 14.4 Å². The van der Waals surface area contributed by atoms with E-state index in [1.54, 1.807) is 29.3 Å². The van der Waals surface area contributed by atoms with Gasteiger partial charge in [0, 0.05) is 38.9 Å². The molecule has 1 atom stereocenters. The number of nitrogens with one attached hydrogen (secondary N) is 1. The van der Waals surface area contributed by atoms with Crippen molar-refractivity contribution in [3.8, 4) is 0 Å². The average molecular weight is 383 g/mol. The van der Waals surface area contributed by atoms with E-state index in [1.807, 2.05) is 14.0 Å². The first-order valence-electron chi connectivity index (χ1n) is 9.21. The summed E-state index contributed by atoms with van der Waals surface area (Å²) in [7, 11) is 1.86. The Balaban J connectivity index is 1.39. The Morgan fingerprint density at radius 2 is 1.86 bits per heavy atom. The van der Waals surface area contributed by atoms with Crippen molar-refractivity contribution >= 4 is 28.4 Å². The lowest BCUT2D eigenvalue weighted by Crippen LogP contribution is -2.53. The third kappa shape index (κ3) is 3.53. The summed E-state index contributed by atoms with van der Waals surface area (Å²) >= 11 is 0. The summed E-state index contributed by atoms with van der Waals surface area (Å²) in [4.78, 5) is 25.6. The third-order valence-corrected chi connectivity index (χ3v) is 5.16. The van der Waals surface area contributed by atoms with Gasteiger partial charge >= 0.3 is 0 Å². The highest BCUT2D eigenvalue weighted by Gasteiger charge is 2.27. The molecule has 0 aliphatic carbocycles. The highest BCUT2D eigenvalue weighted by molar-refractivity contribution is 5.94. The van der Waals surface area contributed by atoms with Crippen LogP contribution in [0.25, 0.3) is 11.0 Å². The van der Waals surface area contributed by atoms with Gasteiger partial charge in [0.2, 0.25) is 5.91 Å². The number of halogens is 1. The van der Waals surface area contributed by atoms with Crippen molar-refractivity contribution in [2.75, 3.05) is 36.4 Å². The molecule has 4 rings (SSSR count). The fourth-order valence-electron chi connectivity index (χ4n) is 3.47. The number of aromatic nitrogens is 4. The van der Waals surface area contributed by atoms with Crippen LogP contribution in [0, 0.1) is 5.82 Å². The second kappa shape index (κ2) is 7.51. The molecule has 28 heavy (non-hydrogen) atoms. The number of nitrogens with zero attached hydrogens (tertiary/aromatic N) is 6. The smallest absolute Gasteiger partial charge is 0.241 e. The number of piperazine rings is 1. The minimum Gasteiger partial charge on any atom is -0.353 e. The summed E-state index contributed by atoms with van der Waals surface area (Å²) in [6.45, 7) is 4.89. The van der Waals surface area contributed by atoms with Gasteiger partial charge in [-0.25, -0.2) is 14.4 Å². The zero-order valence-corrected chi connectivity index (χ0v) is 15.8. The van der Waals surface area contributed by atoms with Gasteiger partial charge in [0.15, 0.2) is 5.65 Å². The van der Waals surface area contributed by atoms with Gasteiger partial charge in [0.25, 0.3) is 0 Å². The van der Waals surface area contributed by atoms with Crippen LogP contribution in [0.3, 0.4) is 0 Å². The Morgan fingerprint density at radius 3 is 2.57 bits per heavy atom. The first-order valence-corrected chi connectivity index (χ1v) is 9.21. The number of amides is 1. The number of carbonyl (C=O) groups excluding carboxylic acids is 1. The number of carbonyl (C=O) groups is 1. The maximum atomic E-state index is 13.0. The van der Waals surface area contributed by atoms with E-state index in [0.29, 0.717) is 5.69 Å². The van der Waals surface area contributed by atoms with E-state index in [9.17, 15) is 9.18 Å². The van der Waals surface area contributed by atoms with Crippen molar-refractivity contribution in [1.29, 1.82) is 0 Å². The van der Waals surface area contributed by atoms with Gasteiger partial charge < -0.3 is 10.2 Å². The number of aryl methyl sites for hydroxylation is 1. The molecule has 1 aliphatic heterocycles. The molecule has 1 aliphatic rings. The van der Waals surface area contributed by atoms with E-state index in [-0.39, 0.29) is 17.8 Å². The van der Waals surface area contributed by atoms with E-state index < -0.39 is 0 Å². The standard InChI is InChI=1S/C19H22FN7O/c1-13(19(28)24-15-5-3-14(20)4-6-15)26-7-9-27(10-8-26)18-16-11-23-25(2)17(16)21-12-22-18/h3-6,11-13H,7-10H2,1-2H3,(H,24,28). The van der Waals surface area contributed by atoms with E-state index in [0.717, 1.165) is 43.0 Å². The lowest BCUT2D eigenvalue weighted by molar-refractivity contribution is -0.120. The number of rotatable bonds is 4. The van der Waals surface area contributed by atoms with Crippen LogP contribution in [0.5, 0.6) is 0 Å². The highest BCUT2D eigenvalue weighted by Crippen LogP contribution is 2.23. The van der Waals surface area contributed by atoms with Gasteiger partial charge in [0.05, 0.1) is 17.6 Å². The topological polar surface area (TPSA) is 79.2 Å². The molecule has 146 valence electrons. The van der Waals surface area contributed by atoms with Crippen LogP contribution in [0.15, 0.2) is 36.8 Å². The fourth-order valence-corrected chi connectivity index (χ4v) is 3.47. The van der Waals surface area contributed by atoms with E-state index in [1.165, 1.54) is 12.1 Å². The first kappa shape index (κ1) is 18.3. The number of benzene rings is 1. The average Bonchev–Trinajstić information content (AvgIpc) is 3.10. The molecule has 9 heteroatoms. The quantitative estimate of drug-likeness (QED) is 0.738. The van der Waals surface area contributed by atoms with Crippen LogP contribution in [0.2, 0.25) is 0 Å². The van der Waals surface area contributed by atoms with Crippen molar-refractivity contribution in [2.24, 2.45) is 7.05 Å². The summed E-state index contributed by atoms with van der Waals surface area (Å²) in [6.07, 6.45) is 3.35. The Labute approximate surface area is 162 Å². The van der Waals surface area contributed by atoms with Crippen LogP contribution in [-0.4, -0.2) is 62.8 Å². The number of anilines is 2. The maximum absolute atomic E-state index is 13.0. The second-order valence-corrected chi connectivity index (χ2v) is 6.90. The Bertz CT molecular complexity index is 980. The van der Waals surface area contributed by atoms with Crippen molar-refractivity contribution in [2.45, 2.75) is 13.0 Å². The number of fused-ring (bicyclic) bond motifs is 1. The van der Waals surface area contributed by atoms with Gasteiger partial charge in [-0.05, 0) is 31.2 Å². The highest BCUT2D eigenvalue weighted by atomic mass is 19.1. The molecule has 3 heterocycles. The monoisotopic (exact) mass is 383 g/mol. The molecule has 1 unspecified atom stereocenters. The summed E-state index contributed by atoms with van der Waals surface area (Å²) in [5, 5.41) is 8.04. The van der Waals surface area contributed by atoms with Crippen molar-refractivity contribution < 1.29 is 9.18 Å². The molecule has 0 spiro atoms. The summed E-state index contributed by atoms with van der Waals surface area (Å²) in [6, 6.07) is 5.51. The lowest BCUT2D eigenvalue weighted by atomic mass is 10.2. The molecule has 1 amide bonds. The Hall–Kier alpha value is -3.07. The van der Waals surface area contributed by atoms with Gasteiger partial charge in [0.1, 0.15) is 18.0 Å². The molecule has 1 N–H and O–H groups in total. The summed E-state index contributed by atoms with van der Waals surface area (Å²) in [5.74, 6) is 0.451. The molecule has 2 aromatic heterocycles. The molecule has 8 nitrogen and oxygen atoms in total. The Kier molecular flexibility index (Phi) is 4.91. The predicted octanol–water partition coefficient (Wildman–Crippen LogP) is 1.65. The SMILES string of the molecule is CC(C(=O)Nc1ccc(F)cc1)N1CCN(c2ncnc3c2cnn3C)CC1. The van der Waals surface area contributed by atoms with Crippen LogP contribution in [0.4, 0.5) is 15.9 Å². The minimum atomic E-state index is -0.324. The van der Waals surface area contributed by atoms with E-state index in [2.05, 4.69) is 30.2 Å². The van der Waals surface area contributed by atoms with Crippen LogP contribution in [0.1, 0.15) is 6.92 Å². The number of hydrogen-bond donors (Lipinski definition) is 1.